The summed E-state index contributed by atoms with van der Waals surface area (Å²) in [6.45, 7) is 3.81. The summed E-state index contributed by atoms with van der Waals surface area (Å²) in [4.78, 5) is 2.89. The monoisotopic (exact) mass is 222 g/mol. The van der Waals surface area contributed by atoms with E-state index in [4.69, 9.17) is 12.2 Å². The van der Waals surface area contributed by atoms with E-state index in [1.165, 1.54) is 6.07 Å². The molecular formula is C11H11FN2S. The maximum atomic E-state index is 13.6. The summed E-state index contributed by atoms with van der Waals surface area (Å²) in [7, 11) is 0. The molecule has 78 valence electrons. The average molecular weight is 222 g/mol. The van der Waals surface area contributed by atoms with E-state index in [9.17, 15) is 4.39 Å². The molecule has 0 atom stereocenters. The molecule has 0 bridgehead atoms. The number of aromatic amines is 1. The van der Waals surface area contributed by atoms with Crippen LogP contribution in [0.4, 0.5) is 4.39 Å². The van der Waals surface area contributed by atoms with Gasteiger partial charge in [-0.2, -0.15) is 0 Å². The van der Waals surface area contributed by atoms with Crippen molar-refractivity contribution in [3.05, 3.63) is 46.2 Å². The molecule has 0 radical (unpaired) electrons. The van der Waals surface area contributed by atoms with Gasteiger partial charge in [0.15, 0.2) is 4.77 Å². The SMILES string of the molecule is Cc1ccc(F)c(-n2c(C)c[nH]c2=S)c1. The molecule has 1 aromatic carbocycles. The summed E-state index contributed by atoms with van der Waals surface area (Å²) in [6, 6.07) is 4.98. The van der Waals surface area contributed by atoms with Gasteiger partial charge in [-0.1, -0.05) is 6.07 Å². The van der Waals surface area contributed by atoms with Crippen molar-refractivity contribution in [2.24, 2.45) is 0 Å². The lowest BCUT2D eigenvalue weighted by Gasteiger charge is -2.07. The molecule has 0 spiro atoms. The number of imidazole rings is 1. The molecular weight excluding hydrogens is 211 g/mol. The van der Waals surface area contributed by atoms with Crippen LogP contribution in [0.25, 0.3) is 5.69 Å². The van der Waals surface area contributed by atoms with Crippen LogP contribution in [0.3, 0.4) is 0 Å². The average Bonchev–Trinajstić information content (AvgIpc) is 2.51. The fourth-order valence-electron chi connectivity index (χ4n) is 1.55. The molecule has 1 aromatic heterocycles. The molecule has 0 amide bonds. The van der Waals surface area contributed by atoms with Gasteiger partial charge in [0, 0.05) is 11.9 Å². The van der Waals surface area contributed by atoms with Gasteiger partial charge in [-0.3, -0.25) is 4.57 Å². The molecule has 0 aliphatic carbocycles. The predicted octanol–water partition coefficient (Wildman–Crippen LogP) is 3.29. The standard InChI is InChI=1S/C11H11FN2S/c1-7-3-4-9(12)10(5-7)14-8(2)6-13-11(14)15/h3-6H,1-2H3,(H,13,15). The van der Waals surface area contributed by atoms with E-state index in [1.54, 1.807) is 22.9 Å². The lowest BCUT2D eigenvalue weighted by Crippen LogP contribution is -2.00. The molecule has 1 N–H and O–H groups in total. The fourth-order valence-corrected chi connectivity index (χ4v) is 1.85. The molecule has 15 heavy (non-hydrogen) atoms. The van der Waals surface area contributed by atoms with E-state index in [0.717, 1.165) is 11.3 Å². The maximum absolute atomic E-state index is 13.6. The number of aryl methyl sites for hydroxylation is 2. The molecule has 4 heteroatoms. The number of halogens is 1. The largest absolute Gasteiger partial charge is 0.337 e. The molecule has 2 rings (SSSR count). The highest BCUT2D eigenvalue weighted by atomic mass is 32.1. The Balaban J connectivity index is 2.74. The van der Waals surface area contributed by atoms with Gasteiger partial charge in [-0.25, -0.2) is 4.39 Å². The molecule has 1 heterocycles. The third-order valence-corrected chi connectivity index (χ3v) is 2.60. The van der Waals surface area contributed by atoms with Gasteiger partial charge in [0.25, 0.3) is 0 Å². The zero-order valence-electron chi connectivity index (χ0n) is 8.54. The summed E-state index contributed by atoms with van der Waals surface area (Å²) in [5.41, 5.74) is 2.40. The summed E-state index contributed by atoms with van der Waals surface area (Å²) in [5, 5.41) is 0. The highest BCUT2D eigenvalue weighted by Crippen LogP contribution is 2.17. The van der Waals surface area contributed by atoms with Crippen LogP contribution < -0.4 is 0 Å². The van der Waals surface area contributed by atoms with Gasteiger partial charge in [-0.15, -0.1) is 0 Å². The second-order valence-electron chi connectivity index (χ2n) is 3.53. The zero-order chi connectivity index (χ0) is 11.0. The Bertz CT molecular complexity index is 554. The highest BCUT2D eigenvalue weighted by molar-refractivity contribution is 7.71. The van der Waals surface area contributed by atoms with Gasteiger partial charge in [0.05, 0.1) is 5.69 Å². The Morgan fingerprint density at radius 2 is 2.07 bits per heavy atom. The van der Waals surface area contributed by atoms with Gasteiger partial charge in [0.1, 0.15) is 5.82 Å². The number of hydrogen-bond donors (Lipinski definition) is 1. The minimum atomic E-state index is -0.264. The third-order valence-electron chi connectivity index (χ3n) is 2.30. The lowest BCUT2D eigenvalue weighted by atomic mass is 10.2. The highest BCUT2D eigenvalue weighted by Gasteiger charge is 2.07. The zero-order valence-corrected chi connectivity index (χ0v) is 9.36. The van der Waals surface area contributed by atoms with E-state index in [-0.39, 0.29) is 5.82 Å². The summed E-state index contributed by atoms with van der Waals surface area (Å²) >= 11 is 5.10. The van der Waals surface area contributed by atoms with Crippen LogP contribution in [0.5, 0.6) is 0 Å². The number of H-pyrrole nitrogens is 1. The summed E-state index contributed by atoms with van der Waals surface area (Å²) < 4.78 is 15.8. The molecule has 0 aliphatic heterocycles. The quantitative estimate of drug-likeness (QED) is 0.734. The van der Waals surface area contributed by atoms with Crippen molar-refractivity contribution in [2.45, 2.75) is 13.8 Å². The van der Waals surface area contributed by atoms with Gasteiger partial charge < -0.3 is 4.98 Å². The molecule has 0 saturated heterocycles. The van der Waals surface area contributed by atoms with Crippen LogP contribution in [0.2, 0.25) is 0 Å². The third kappa shape index (κ3) is 1.72. The molecule has 0 saturated carbocycles. The van der Waals surface area contributed by atoms with E-state index < -0.39 is 0 Å². The van der Waals surface area contributed by atoms with Crippen molar-refractivity contribution in [3.63, 3.8) is 0 Å². The van der Waals surface area contributed by atoms with E-state index in [2.05, 4.69) is 4.98 Å². The fraction of sp³-hybridized carbons (Fsp3) is 0.182. The predicted molar refractivity (Wildman–Crippen MR) is 60.4 cm³/mol. The molecule has 0 unspecified atom stereocenters. The Kier molecular flexibility index (Phi) is 2.44. The Hall–Kier alpha value is -1.42. The number of nitrogens with zero attached hydrogens (tertiary/aromatic N) is 1. The molecule has 0 aliphatic rings. The van der Waals surface area contributed by atoms with Crippen molar-refractivity contribution in [1.82, 2.24) is 9.55 Å². The minimum absolute atomic E-state index is 0.264. The van der Waals surface area contributed by atoms with Crippen LogP contribution in [0.1, 0.15) is 11.3 Å². The number of nitrogens with one attached hydrogen (secondary N) is 1. The van der Waals surface area contributed by atoms with Crippen molar-refractivity contribution >= 4 is 12.2 Å². The van der Waals surface area contributed by atoms with Crippen LogP contribution in [0, 0.1) is 24.4 Å². The van der Waals surface area contributed by atoms with Crippen molar-refractivity contribution in [2.75, 3.05) is 0 Å². The first kappa shape index (κ1) is 10.1. The Labute approximate surface area is 92.4 Å². The van der Waals surface area contributed by atoms with E-state index >= 15 is 0 Å². The van der Waals surface area contributed by atoms with Crippen LogP contribution in [-0.2, 0) is 0 Å². The first-order valence-electron chi connectivity index (χ1n) is 4.63. The van der Waals surface area contributed by atoms with E-state index in [1.807, 2.05) is 13.8 Å². The second-order valence-corrected chi connectivity index (χ2v) is 3.91. The van der Waals surface area contributed by atoms with Crippen molar-refractivity contribution < 1.29 is 4.39 Å². The topological polar surface area (TPSA) is 20.7 Å². The lowest BCUT2D eigenvalue weighted by molar-refractivity contribution is 0.615. The maximum Gasteiger partial charge on any atom is 0.182 e. The van der Waals surface area contributed by atoms with Crippen molar-refractivity contribution in [1.29, 1.82) is 0 Å². The van der Waals surface area contributed by atoms with Gasteiger partial charge in [-0.05, 0) is 43.8 Å². The molecule has 2 aromatic rings. The first-order valence-corrected chi connectivity index (χ1v) is 5.04. The summed E-state index contributed by atoms with van der Waals surface area (Å²) in [5.74, 6) is -0.264. The molecule has 0 fully saturated rings. The van der Waals surface area contributed by atoms with Crippen LogP contribution in [-0.4, -0.2) is 9.55 Å². The minimum Gasteiger partial charge on any atom is -0.337 e. The normalized spacial score (nSPS) is 10.6. The summed E-state index contributed by atoms with van der Waals surface area (Å²) in [6.07, 6.45) is 1.77. The second kappa shape index (κ2) is 3.62. The van der Waals surface area contributed by atoms with Crippen molar-refractivity contribution in [3.8, 4) is 5.69 Å². The number of benzene rings is 1. The van der Waals surface area contributed by atoms with E-state index in [0.29, 0.717) is 10.5 Å². The number of hydrogen-bond acceptors (Lipinski definition) is 1. The smallest absolute Gasteiger partial charge is 0.182 e. The van der Waals surface area contributed by atoms with Crippen LogP contribution in [0.15, 0.2) is 24.4 Å². The van der Waals surface area contributed by atoms with Gasteiger partial charge >= 0.3 is 0 Å². The Morgan fingerprint density at radius 1 is 1.33 bits per heavy atom. The van der Waals surface area contributed by atoms with Gasteiger partial charge in [0.2, 0.25) is 0 Å². The first-order chi connectivity index (χ1) is 7.09. The number of aromatic nitrogens is 2. The molecule has 2 nitrogen and oxygen atoms in total. The Morgan fingerprint density at radius 3 is 2.67 bits per heavy atom. The van der Waals surface area contributed by atoms with Crippen LogP contribution >= 0.6 is 12.2 Å². The number of rotatable bonds is 1.